The predicted molar refractivity (Wildman–Crippen MR) is 106 cm³/mol. The highest BCUT2D eigenvalue weighted by atomic mass is 19.3. The molecule has 1 aromatic carbocycles. The molecule has 3 rings (SSSR count). The number of nitrogens with one attached hydrogen (secondary N) is 1. The lowest BCUT2D eigenvalue weighted by Gasteiger charge is -2.20. The molecule has 1 saturated heterocycles. The third-order valence-corrected chi connectivity index (χ3v) is 5.19. The van der Waals surface area contributed by atoms with Gasteiger partial charge in [0, 0.05) is 31.5 Å². The standard InChI is InChI=1S/C21H25F3N4O2/c1-12(16-5-4-6-17(19(16)22)20(23)24)26-21-18(9-25-13(2)27-21)30-11-15-7-8-28(10-15)14(3)29/h4-6,9,12,15,20H,7-8,10-11H2,1-3H3,(H,25,26,27)/t12-,15?/m1/s1. The van der Waals surface area contributed by atoms with Crippen LogP contribution in [0.5, 0.6) is 5.75 Å². The number of aromatic nitrogens is 2. The van der Waals surface area contributed by atoms with Crippen LogP contribution in [0.1, 0.15) is 49.7 Å². The summed E-state index contributed by atoms with van der Waals surface area (Å²) >= 11 is 0. The van der Waals surface area contributed by atoms with E-state index in [0.717, 1.165) is 12.5 Å². The second-order valence-electron chi connectivity index (χ2n) is 7.48. The number of nitrogens with zero attached hydrogens (tertiary/aromatic N) is 3. The molecular weight excluding hydrogens is 397 g/mol. The van der Waals surface area contributed by atoms with Gasteiger partial charge in [-0.15, -0.1) is 0 Å². The van der Waals surface area contributed by atoms with Crippen molar-refractivity contribution < 1.29 is 22.7 Å². The summed E-state index contributed by atoms with van der Waals surface area (Å²) in [5, 5.41) is 3.05. The summed E-state index contributed by atoms with van der Waals surface area (Å²) in [6, 6.07) is 3.31. The van der Waals surface area contributed by atoms with Gasteiger partial charge in [0.2, 0.25) is 5.91 Å². The zero-order valence-corrected chi connectivity index (χ0v) is 17.2. The van der Waals surface area contributed by atoms with E-state index in [9.17, 15) is 18.0 Å². The van der Waals surface area contributed by atoms with E-state index in [4.69, 9.17) is 4.74 Å². The van der Waals surface area contributed by atoms with Crippen LogP contribution < -0.4 is 10.1 Å². The molecule has 0 radical (unpaired) electrons. The Morgan fingerprint density at radius 2 is 2.10 bits per heavy atom. The van der Waals surface area contributed by atoms with Gasteiger partial charge in [0.25, 0.3) is 6.43 Å². The molecular formula is C21H25F3N4O2. The minimum absolute atomic E-state index is 0.0420. The van der Waals surface area contributed by atoms with Crippen LogP contribution in [-0.4, -0.2) is 40.5 Å². The minimum Gasteiger partial charge on any atom is -0.488 e. The summed E-state index contributed by atoms with van der Waals surface area (Å²) in [5.74, 6) is 0.539. The molecule has 2 aromatic rings. The number of hydrogen-bond acceptors (Lipinski definition) is 5. The molecule has 2 heterocycles. The maximum Gasteiger partial charge on any atom is 0.266 e. The first-order valence-electron chi connectivity index (χ1n) is 9.81. The maximum atomic E-state index is 14.5. The Morgan fingerprint density at radius 1 is 1.37 bits per heavy atom. The van der Waals surface area contributed by atoms with Gasteiger partial charge in [0.15, 0.2) is 11.6 Å². The van der Waals surface area contributed by atoms with Gasteiger partial charge in [-0.05, 0) is 20.3 Å². The van der Waals surface area contributed by atoms with E-state index in [0.29, 0.717) is 37.1 Å². The Balaban J connectivity index is 1.73. The van der Waals surface area contributed by atoms with E-state index in [1.54, 1.807) is 25.7 Å². The Labute approximate surface area is 173 Å². The fourth-order valence-electron chi connectivity index (χ4n) is 3.48. The summed E-state index contributed by atoms with van der Waals surface area (Å²) in [6.07, 6.45) is -0.517. The van der Waals surface area contributed by atoms with E-state index >= 15 is 0 Å². The van der Waals surface area contributed by atoms with Crippen LogP contribution in [0.25, 0.3) is 0 Å². The summed E-state index contributed by atoms with van der Waals surface area (Å²) in [7, 11) is 0. The van der Waals surface area contributed by atoms with Crippen LogP contribution in [0.2, 0.25) is 0 Å². The van der Waals surface area contributed by atoms with Gasteiger partial charge in [0.1, 0.15) is 11.6 Å². The molecule has 1 fully saturated rings. The first kappa shape index (κ1) is 21.9. The molecule has 0 aliphatic carbocycles. The molecule has 1 aromatic heterocycles. The molecule has 0 saturated carbocycles. The molecule has 9 heteroatoms. The Morgan fingerprint density at radius 3 is 2.77 bits per heavy atom. The van der Waals surface area contributed by atoms with Gasteiger partial charge in [-0.25, -0.2) is 23.1 Å². The molecule has 0 spiro atoms. The van der Waals surface area contributed by atoms with Gasteiger partial charge in [-0.3, -0.25) is 4.79 Å². The normalized spacial score (nSPS) is 17.3. The number of rotatable bonds is 7. The summed E-state index contributed by atoms with van der Waals surface area (Å²) < 4.78 is 46.4. The lowest BCUT2D eigenvalue weighted by atomic mass is 10.0. The van der Waals surface area contributed by atoms with Crippen LogP contribution >= 0.6 is 0 Å². The summed E-state index contributed by atoms with van der Waals surface area (Å²) in [4.78, 5) is 21.7. The van der Waals surface area contributed by atoms with E-state index in [2.05, 4.69) is 15.3 Å². The second-order valence-corrected chi connectivity index (χ2v) is 7.48. The fraction of sp³-hybridized carbons (Fsp3) is 0.476. The number of carbonyl (C=O) groups is 1. The average Bonchev–Trinajstić information content (AvgIpc) is 3.16. The number of likely N-dealkylation sites (tertiary alicyclic amines) is 1. The number of halogens is 3. The van der Waals surface area contributed by atoms with Crippen LogP contribution in [0.15, 0.2) is 24.4 Å². The van der Waals surface area contributed by atoms with E-state index in [1.807, 2.05) is 0 Å². The van der Waals surface area contributed by atoms with Crippen LogP contribution in [-0.2, 0) is 4.79 Å². The van der Waals surface area contributed by atoms with Crippen molar-refractivity contribution in [1.29, 1.82) is 0 Å². The first-order valence-corrected chi connectivity index (χ1v) is 9.81. The zero-order chi connectivity index (χ0) is 21.8. The van der Waals surface area contributed by atoms with Gasteiger partial charge >= 0.3 is 0 Å². The lowest BCUT2D eigenvalue weighted by molar-refractivity contribution is -0.127. The molecule has 0 bridgehead atoms. The third kappa shape index (κ3) is 5.01. The minimum atomic E-state index is -2.89. The van der Waals surface area contributed by atoms with Crippen molar-refractivity contribution in [3.05, 3.63) is 47.2 Å². The maximum absolute atomic E-state index is 14.5. The van der Waals surface area contributed by atoms with Gasteiger partial charge < -0.3 is 15.0 Å². The zero-order valence-electron chi connectivity index (χ0n) is 17.2. The lowest BCUT2D eigenvalue weighted by Crippen LogP contribution is -2.27. The van der Waals surface area contributed by atoms with E-state index in [-0.39, 0.29) is 17.4 Å². The average molecular weight is 422 g/mol. The Bertz CT molecular complexity index is 910. The second kappa shape index (κ2) is 9.32. The highest BCUT2D eigenvalue weighted by Crippen LogP contribution is 2.31. The number of anilines is 1. The molecule has 1 aliphatic heterocycles. The highest BCUT2D eigenvalue weighted by molar-refractivity contribution is 5.73. The summed E-state index contributed by atoms with van der Waals surface area (Å²) in [6.45, 7) is 6.63. The van der Waals surface area contributed by atoms with Gasteiger partial charge in [-0.2, -0.15) is 0 Å². The van der Waals surface area contributed by atoms with E-state index < -0.39 is 23.8 Å². The molecule has 1 amide bonds. The number of benzene rings is 1. The quantitative estimate of drug-likeness (QED) is 0.721. The topological polar surface area (TPSA) is 67.4 Å². The van der Waals surface area contributed by atoms with Crippen molar-refractivity contribution >= 4 is 11.7 Å². The van der Waals surface area contributed by atoms with Gasteiger partial charge in [-0.1, -0.05) is 18.2 Å². The number of alkyl halides is 2. The molecule has 30 heavy (non-hydrogen) atoms. The van der Waals surface area contributed by atoms with Crippen molar-refractivity contribution in [2.45, 2.75) is 39.7 Å². The Kier molecular flexibility index (Phi) is 6.79. The summed E-state index contributed by atoms with van der Waals surface area (Å²) in [5.41, 5.74) is -0.518. The number of amides is 1. The van der Waals surface area contributed by atoms with Crippen molar-refractivity contribution in [2.24, 2.45) is 5.92 Å². The SMILES string of the molecule is CC(=O)N1CCC(COc2cnc(C)nc2N[C@H](C)c2cccc(C(F)F)c2F)C1. The molecule has 1 aliphatic rings. The van der Waals surface area contributed by atoms with Gasteiger partial charge in [0.05, 0.1) is 24.4 Å². The van der Waals surface area contributed by atoms with Crippen molar-refractivity contribution in [3.63, 3.8) is 0 Å². The first-order chi connectivity index (χ1) is 14.3. The number of aryl methyl sites for hydroxylation is 1. The molecule has 1 unspecified atom stereocenters. The third-order valence-electron chi connectivity index (χ3n) is 5.19. The highest BCUT2D eigenvalue weighted by Gasteiger charge is 2.25. The van der Waals surface area contributed by atoms with Crippen molar-refractivity contribution in [2.75, 3.05) is 25.0 Å². The smallest absolute Gasteiger partial charge is 0.266 e. The number of carbonyl (C=O) groups excluding carboxylic acids is 1. The number of hydrogen-bond donors (Lipinski definition) is 1. The van der Waals surface area contributed by atoms with Crippen LogP contribution in [0, 0.1) is 18.7 Å². The monoisotopic (exact) mass is 422 g/mol. The largest absolute Gasteiger partial charge is 0.488 e. The predicted octanol–water partition coefficient (Wildman–Crippen LogP) is 4.28. The van der Waals surface area contributed by atoms with Crippen LogP contribution in [0.3, 0.4) is 0 Å². The Hall–Kier alpha value is -2.84. The van der Waals surface area contributed by atoms with Crippen molar-refractivity contribution in [3.8, 4) is 5.75 Å². The molecule has 6 nitrogen and oxygen atoms in total. The van der Waals surface area contributed by atoms with E-state index in [1.165, 1.54) is 18.3 Å². The van der Waals surface area contributed by atoms with Crippen molar-refractivity contribution in [1.82, 2.24) is 14.9 Å². The number of ether oxygens (including phenoxy) is 1. The molecule has 162 valence electrons. The molecule has 1 N–H and O–H groups in total. The fourth-order valence-corrected chi connectivity index (χ4v) is 3.48. The van der Waals surface area contributed by atoms with Crippen LogP contribution in [0.4, 0.5) is 19.0 Å². The molecule has 2 atom stereocenters.